The number of aromatic nitrogens is 5. The monoisotopic (exact) mass is 336 g/mol. The van der Waals surface area contributed by atoms with E-state index >= 15 is 0 Å². The van der Waals surface area contributed by atoms with E-state index in [0.717, 1.165) is 11.1 Å². The first-order valence-corrected chi connectivity index (χ1v) is 7.96. The summed E-state index contributed by atoms with van der Waals surface area (Å²) < 4.78 is 0. The number of nitrogens with one attached hydrogen (secondary N) is 1. The lowest BCUT2D eigenvalue weighted by Crippen LogP contribution is -2.39. The van der Waals surface area contributed by atoms with Gasteiger partial charge in [0, 0.05) is 18.3 Å². The van der Waals surface area contributed by atoms with Crippen molar-refractivity contribution >= 4 is 5.91 Å². The van der Waals surface area contributed by atoms with Gasteiger partial charge in [-0.25, -0.2) is 0 Å². The van der Waals surface area contributed by atoms with Crippen LogP contribution in [0.4, 0.5) is 0 Å². The Kier molecular flexibility index (Phi) is 3.64. The van der Waals surface area contributed by atoms with Gasteiger partial charge < -0.3 is 10.0 Å². The predicted molar refractivity (Wildman–Crippen MR) is 88.7 cm³/mol. The molecule has 0 saturated heterocycles. The molecular formula is C17H16N6O2. The fourth-order valence-electron chi connectivity index (χ4n) is 3.18. The molecule has 1 atom stereocenters. The highest BCUT2D eigenvalue weighted by Crippen LogP contribution is 2.32. The molecule has 0 saturated carbocycles. The summed E-state index contributed by atoms with van der Waals surface area (Å²) in [5, 5.41) is 23.3. The van der Waals surface area contributed by atoms with Gasteiger partial charge in [-0.3, -0.25) is 9.78 Å². The van der Waals surface area contributed by atoms with Crippen molar-refractivity contribution in [1.82, 2.24) is 30.5 Å². The molecule has 0 spiro atoms. The summed E-state index contributed by atoms with van der Waals surface area (Å²) in [5.74, 6) is 0.571. The summed E-state index contributed by atoms with van der Waals surface area (Å²) in [4.78, 5) is 18.9. The highest BCUT2D eigenvalue weighted by molar-refractivity contribution is 5.93. The third-order valence-electron chi connectivity index (χ3n) is 4.51. The molecule has 8 heteroatoms. The fourth-order valence-corrected chi connectivity index (χ4v) is 3.18. The zero-order valence-corrected chi connectivity index (χ0v) is 13.5. The number of aromatic hydroxyl groups is 1. The molecule has 4 rings (SSSR count). The number of benzene rings is 1. The quantitative estimate of drug-likeness (QED) is 0.738. The number of tetrazole rings is 1. The lowest BCUT2D eigenvalue weighted by atomic mass is 9.93. The smallest absolute Gasteiger partial charge is 0.272 e. The van der Waals surface area contributed by atoms with Gasteiger partial charge in [-0.05, 0) is 54.0 Å². The Balaban J connectivity index is 1.58. The zero-order valence-electron chi connectivity index (χ0n) is 13.5. The summed E-state index contributed by atoms with van der Waals surface area (Å²) >= 11 is 0. The van der Waals surface area contributed by atoms with Crippen molar-refractivity contribution in [2.24, 2.45) is 0 Å². The maximum Gasteiger partial charge on any atom is 0.272 e. The van der Waals surface area contributed by atoms with Crippen LogP contribution in [0.5, 0.6) is 5.75 Å². The first-order valence-electron chi connectivity index (χ1n) is 7.96. The van der Waals surface area contributed by atoms with E-state index in [9.17, 15) is 9.90 Å². The Morgan fingerprint density at radius 2 is 2.20 bits per heavy atom. The van der Waals surface area contributed by atoms with Crippen LogP contribution in [0.1, 0.15) is 34.6 Å². The van der Waals surface area contributed by atoms with Crippen LogP contribution in [-0.2, 0) is 6.42 Å². The molecular weight excluding hydrogens is 320 g/mol. The van der Waals surface area contributed by atoms with Gasteiger partial charge >= 0.3 is 0 Å². The first kappa shape index (κ1) is 15.3. The number of phenolic OH excluding ortho intramolecular Hbond substituents is 1. The van der Waals surface area contributed by atoms with E-state index < -0.39 is 0 Å². The molecule has 2 N–H and O–H groups in total. The van der Waals surface area contributed by atoms with Crippen molar-refractivity contribution in [3.63, 3.8) is 0 Å². The molecule has 1 amide bonds. The largest absolute Gasteiger partial charge is 0.508 e. The van der Waals surface area contributed by atoms with Gasteiger partial charge in [-0.1, -0.05) is 6.07 Å². The lowest BCUT2D eigenvalue weighted by Gasteiger charge is -2.35. The maximum absolute atomic E-state index is 12.8. The highest BCUT2D eigenvalue weighted by Gasteiger charge is 2.29. The number of aromatic amines is 1. The van der Waals surface area contributed by atoms with E-state index in [1.165, 1.54) is 0 Å². The summed E-state index contributed by atoms with van der Waals surface area (Å²) in [5.41, 5.74) is 3.21. The number of fused-ring (bicyclic) bond motifs is 1. The third kappa shape index (κ3) is 2.71. The number of H-pyrrole nitrogens is 1. The second-order valence-corrected chi connectivity index (χ2v) is 5.98. The number of hydrogen-bond acceptors (Lipinski definition) is 6. The zero-order chi connectivity index (χ0) is 17.4. The van der Waals surface area contributed by atoms with Crippen molar-refractivity contribution in [3.8, 4) is 17.1 Å². The van der Waals surface area contributed by atoms with Crippen LogP contribution in [-0.4, -0.2) is 48.1 Å². The number of nitrogens with zero attached hydrogens (tertiary/aromatic N) is 5. The van der Waals surface area contributed by atoms with Gasteiger partial charge in [0.2, 0.25) is 5.82 Å². The Hall–Kier alpha value is -3.29. The van der Waals surface area contributed by atoms with Crippen LogP contribution in [0, 0.1) is 0 Å². The van der Waals surface area contributed by atoms with Gasteiger partial charge in [0.25, 0.3) is 5.91 Å². The van der Waals surface area contributed by atoms with E-state index in [4.69, 9.17) is 0 Å². The molecule has 3 aromatic rings. The fraction of sp³-hybridized carbons (Fsp3) is 0.235. The lowest BCUT2D eigenvalue weighted by molar-refractivity contribution is 0.0671. The number of carbonyl (C=O) groups is 1. The Morgan fingerprint density at radius 1 is 1.32 bits per heavy atom. The molecule has 1 unspecified atom stereocenters. The number of hydrogen-bond donors (Lipinski definition) is 2. The molecule has 1 aliphatic heterocycles. The van der Waals surface area contributed by atoms with Crippen LogP contribution >= 0.6 is 0 Å². The van der Waals surface area contributed by atoms with Gasteiger partial charge in [0.15, 0.2) is 0 Å². The molecule has 1 aliphatic rings. The average Bonchev–Trinajstić information content (AvgIpc) is 3.16. The minimum absolute atomic E-state index is 0.0736. The first-order chi connectivity index (χ1) is 12.1. The molecule has 2 aromatic heterocycles. The van der Waals surface area contributed by atoms with E-state index in [0.29, 0.717) is 30.0 Å². The highest BCUT2D eigenvalue weighted by atomic mass is 16.3. The van der Waals surface area contributed by atoms with Crippen molar-refractivity contribution in [2.45, 2.75) is 19.4 Å². The minimum Gasteiger partial charge on any atom is -0.508 e. The molecule has 0 aliphatic carbocycles. The van der Waals surface area contributed by atoms with Crippen LogP contribution in [0.25, 0.3) is 11.4 Å². The molecule has 25 heavy (non-hydrogen) atoms. The molecule has 0 radical (unpaired) electrons. The van der Waals surface area contributed by atoms with Crippen molar-refractivity contribution < 1.29 is 9.90 Å². The predicted octanol–water partition coefficient (Wildman–Crippen LogP) is 1.73. The Labute approximate surface area is 143 Å². The topological polar surface area (TPSA) is 108 Å². The van der Waals surface area contributed by atoms with E-state index in [1.54, 1.807) is 35.4 Å². The Morgan fingerprint density at radius 3 is 2.92 bits per heavy atom. The molecule has 1 aromatic carbocycles. The molecule has 0 fully saturated rings. The molecule has 3 heterocycles. The molecule has 8 nitrogen and oxygen atoms in total. The SMILES string of the molecule is CC1c2ccc(O)cc2CCN1C(=O)c1ccc(-c2nn[nH]n2)cn1. The summed E-state index contributed by atoms with van der Waals surface area (Å²) in [6, 6.07) is 8.66. The maximum atomic E-state index is 12.8. The van der Waals surface area contributed by atoms with Crippen LogP contribution in [0.15, 0.2) is 36.5 Å². The van der Waals surface area contributed by atoms with Crippen molar-refractivity contribution in [1.29, 1.82) is 0 Å². The summed E-state index contributed by atoms with van der Waals surface area (Å²) in [7, 11) is 0. The second-order valence-electron chi connectivity index (χ2n) is 5.98. The average molecular weight is 336 g/mol. The standard InChI is InChI=1S/C17H16N6O2/c1-10-14-4-3-13(24)8-11(14)6-7-23(10)17(25)15-5-2-12(9-18-15)16-19-21-22-20-16/h2-5,8-10,24H,6-7H2,1H3,(H,19,20,21,22). The normalized spacial score (nSPS) is 16.5. The second kappa shape index (κ2) is 5.97. The minimum atomic E-state index is -0.120. The number of rotatable bonds is 2. The van der Waals surface area contributed by atoms with Gasteiger partial charge in [-0.15, -0.1) is 10.2 Å². The van der Waals surface area contributed by atoms with Gasteiger partial charge in [0.1, 0.15) is 11.4 Å². The number of carbonyl (C=O) groups excluding carboxylic acids is 1. The molecule has 0 bridgehead atoms. The number of phenols is 1. The summed E-state index contributed by atoms with van der Waals surface area (Å²) in [6.07, 6.45) is 2.28. The van der Waals surface area contributed by atoms with Crippen LogP contribution in [0.3, 0.4) is 0 Å². The van der Waals surface area contributed by atoms with Crippen LogP contribution < -0.4 is 0 Å². The van der Waals surface area contributed by atoms with E-state index in [2.05, 4.69) is 25.6 Å². The Bertz CT molecular complexity index is 907. The summed E-state index contributed by atoms with van der Waals surface area (Å²) in [6.45, 7) is 2.57. The van der Waals surface area contributed by atoms with E-state index in [1.807, 2.05) is 13.0 Å². The van der Waals surface area contributed by atoms with Crippen LogP contribution in [0.2, 0.25) is 0 Å². The van der Waals surface area contributed by atoms with Gasteiger partial charge in [-0.2, -0.15) is 5.21 Å². The van der Waals surface area contributed by atoms with Gasteiger partial charge in [0.05, 0.1) is 6.04 Å². The molecule has 126 valence electrons. The van der Waals surface area contributed by atoms with Crippen molar-refractivity contribution in [3.05, 3.63) is 53.3 Å². The number of amides is 1. The van der Waals surface area contributed by atoms with Crippen molar-refractivity contribution in [2.75, 3.05) is 6.54 Å². The third-order valence-corrected chi connectivity index (χ3v) is 4.51. The number of pyridine rings is 1. The van der Waals surface area contributed by atoms with E-state index in [-0.39, 0.29) is 17.7 Å².